The Bertz CT molecular complexity index is 2140. The predicted octanol–water partition coefficient (Wildman–Crippen LogP) is 11.6. The van der Waals surface area contributed by atoms with Gasteiger partial charge in [0.1, 0.15) is 11.5 Å². The summed E-state index contributed by atoms with van der Waals surface area (Å²) in [5.41, 5.74) is -21.5. The highest BCUT2D eigenvalue weighted by Gasteiger charge is 2.72. The average Bonchev–Trinajstić information content (AvgIpc) is 3.05. The number of aryl methyl sites for hydroxylation is 4. The number of hydrogen-bond donors (Lipinski definition) is 0. The molecule has 0 radical (unpaired) electrons. The molecule has 0 amide bonds. The summed E-state index contributed by atoms with van der Waals surface area (Å²) < 4.78 is 182. The van der Waals surface area contributed by atoms with Crippen molar-refractivity contribution in [2.45, 2.75) is 57.8 Å². The van der Waals surface area contributed by atoms with Gasteiger partial charge < -0.3 is 9.47 Å². The number of nitro groups is 4. The molecular formula is C33H20F12N4O10. The van der Waals surface area contributed by atoms with Crippen molar-refractivity contribution in [1.82, 2.24) is 0 Å². The molecule has 59 heavy (non-hydrogen) atoms. The van der Waals surface area contributed by atoms with Gasteiger partial charge in [-0.05, 0) is 61.1 Å². The van der Waals surface area contributed by atoms with Crippen molar-refractivity contribution in [2.75, 3.05) is 0 Å². The number of hydrogen-bond acceptors (Lipinski definition) is 10. The standard InChI is InChI=1S/C33H20F12N4O10/c1-13-5-17(6-14(2)25(13)58-27-21(46(50)51)9-19(30(34,35)36)10-22(27)47(52)53)29(32(40,41)42,33(43,44)45)18-7-15(3)26(16(4)8-18)59-28-23(48(54)55)11-20(31(37,38)39)12-24(28)49(56)57/h5-12H,1-4H3. The summed E-state index contributed by atoms with van der Waals surface area (Å²) >= 11 is 0. The molecule has 0 saturated carbocycles. The Morgan fingerprint density at radius 3 is 0.780 bits per heavy atom. The van der Waals surface area contributed by atoms with Crippen molar-refractivity contribution in [3.05, 3.63) is 133 Å². The number of halogens is 12. The lowest BCUT2D eigenvalue weighted by Gasteiger charge is -2.39. The first-order chi connectivity index (χ1) is 26.7. The third-order valence-electron chi connectivity index (χ3n) is 8.59. The molecule has 0 spiro atoms. The molecule has 316 valence electrons. The highest BCUT2D eigenvalue weighted by molar-refractivity contribution is 5.66. The van der Waals surface area contributed by atoms with E-state index in [0.717, 1.165) is 27.7 Å². The summed E-state index contributed by atoms with van der Waals surface area (Å²) in [6.07, 6.45) is -23.4. The van der Waals surface area contributed by atoms with Crippen LogP contribution in [0.5, 0.6) is 23.0 Å². The van der Waals surface area contributed by atoms with Gasteiger partial charge in [-0.2, -0.15) is 52.7 Å². The fraction of sp³-hybridized carbons (Fsp3) is 0.273. The Hall–Kier alpha value is -6.76. The number of ether oxygens (including phenoxy) is 2. The number of benzene rings is 4. The summed E-state index contributed by atoms with van der Waals surface area (Å²) in [6.45, 7) is 3.23. The molecule has 0 aliphatic heterocycles. The molecule has 0 N–H and O–H groups in total. The van der Waals surface area contributed by atoms with Gasteiger partial charge in [-0.25, -0.2) is 0 Å². The number of nitrogens with zero attached hydrogens (tertiary/aromatic N) is 4. The molecule has 0 aliphatic rings. The molecule has 0 unspecified atom stereocenters. The molecule has 0 atom stereocenters. The van der Waals surface area contributed by atoms with Crippen molar-refractivity contribution in [3.63, 3.8) is 0 Å². The van der Waals surface area contributed by atoms with E-state index < -0.39 is 140 Å². The lowest BCUT2D eigenvalue weighted by Crippen LogP contribution is -2.55. The van der Waals surface area contributed by atoms with Gasteiger partial charge in [0.15, 0.2) is 0 Å². The molecule has 0 saturated heterocycles. The third kappa shape index (κ3) is 8.18. The van der Waals surface area contributed by atoms with E-state index in [4.69, 9.17) is 9.47 Å². The van der Waals surface area contributed by atoms with Crippen LogP contribution in [0.25, 0.3) is 0 Å². The number of alkyl halides is 12. The first kappa shape index (κ1) is 44.9. The van der Waals surface area contributed by atoms with Gasteiger partial charge in [0.25, 0.3) is 11.5 Å². The van der Waals surface area contributed by atoms with Crippen LogP contribution in [0, 0.1) is 68.2 Å². The molecule has 4 rings (SSSR count). The van der Waals surface area contributed by atoms with Crippen LogP contribution >= 0.6 is 0 Å². The first-order valence-electron chi connectivity index (χ1n) is 15.6. The molecular weight excluding hydrogens is 840 g/mol. The number of rotatable bonds is 10. The van der Waals surface area contributed by atoms with Gasteiger partial charge in [-0.1, -0.05) is 24.3 Å². The Balaban J connectivity index is 1.99. The van der Waals surface area contributed by atoms with Crippen LogP contribution in [0.4, 0.5) is 75.4 Å². The van der Waals surface area contributed by atoms with E-state index >= 15 is 26.3 Å². The van der Waals surface area contributed by atoms with E-state index in [1.807, 2.05) is 0 Å². The van der Waals surface area contributed by atoms with Gasteiger partial charge in [0, 0.05) is 24.3 Å². The van der Waals surface area contributed by atoms with Gasteiger partial charge in [0.05, 0.1) is 30.8 Å². The third-order valence-corrected chi connectivity index (χ3v) is 8.59. The quantitative estimate of drug-likeness (QED) is 0.0842. The molecule has 4 aromatic carbocycles. The Morgan fingerprint density at radius 2 is 0.610 bits per heavy atom. The average molecular weight is 861 g/mol. The minimum absolute atomic E-state index is 0.147. The fourth-order valence-corrected chi connectivity index (χ4v) is 6.12. The fourth-order valence-electron chi connectivity index (χ4n) is 6.12. The van der Waals surface area contributed by atoms with Crippen molar-refractivity contribution in [1.29, 1.82) is 0 Å². The van der Waals surface area contributed by atoms with E-state index in [1.54, 1.807) is 0 Å². The van der Waals surface area contributed by atoms with E-state index in [-0.39, 0.29) is 48.5 Å². The summed E-state index contributed by atoms with van der Waals surface area (Å²) in [5, 5.41) is 46.8. The van der Waals surface area contributed by atoms with Gasteiger partial charge >= 0.3 is 47.5 Å². The Labute approximate surface area is 319 Å². The highest BCUT2D eigenvalue weighted by atomic mass is 19.4. The summed E-state index contributed by atoms with van der Waals surface area (Å²) in [7, 11) is 0. The topological polar surface area (TPSA) is 191 Å². The van der Waals surface area contributed by atoms with Crippen molar-refractivity contribution < 1.29 is 81.9 Å². The van der Waals surface area contributed by atoms with E-state index in [2.05, 4.69) is 0 Å². The zero-order valence-corrected chi connectivity index (χ0v) is 29.5. The maximum atomic E-state index is 15.2. The second-order valence-corrected chi connectivity index (χ2v) is 12.5. The van der Waals surface area contributed by atoms with Crippen LogP contribution in [-0.4, -0.2) is 32.0 Å². The Morgan fingerprint density at radius 1 is 0.390 bits per heavy atom. The number of nitro benzene ring substituents is 4. The molecule has 14 nitrogen and oxygen atoms in total. The zero-order valence-electron chi connectivity index (χ0n) is 29.5. The van der Waals surface area contributed by atoms with Crippen LogP contribution < -0.4 is 9.47 Å². The molecule has 26 heteroatoms. The summed E-state index contributed by atoms with van der Waals surface area (Å²) in [4.78, 5) is 40.7. The van der Waals surface area contributed by atoms with Crippen LogP contribution in [0.3, 0.4) is 0 Å². The maximum absolute atomic E-state index is 15.2. The van der Waals surface area contributed by atoms with E-state index in [1.165, 1.54) is 0 Å². The maximum Gasteiger partial charge on any atom is 0.416 e. The molecule has 0 fully saturated rings. The highest BCUT2D eigenvalue weighted by Crippen LogP contribution is 2.58. The second kappa shape index (κ2) is 14.9. The SMILES string of the molecule is Cc1cc(C(c2cc(C)c(Oc3c([N+](=O)[O-])cc(C(F)(F)F)cc3[N+](=O)[O-])c(C)c2)(C(F)(F)F)C(F)(F)F)cc(C)c1Oc1c([N+](=O)[O-])cc(C(F)(F)F)cc1[N+](=O)[O-]. The minimum atomic E-state index is -6.34. The van der Waals surface area contributed by atoms with Gasteiger partial charge in [-0.3, -0.25) is 40.5 Å². The Kier molecular flexibility index (Phi) is 11.3. The van der Waals surface area contributed by atoms with E-state index in [9.17, 15) is 66.8 Å². The van der Waals surface area contributed by atoms with Gasteiger partial charge in [-0.15, -0.1) is 0 Å². The molecule has 0 aromatic heterocycles. The summed E-state index contributed by atoms with van der Waals surface area (Å²) in [5.74, 6) is -4.59. The van der Waals surface area contributed by atoms with Crippen LogP contribution in [0.2, 0.25) is 0 Å². The minimum Gasteiger partial charge on any atom is -0.444 e. The second-order valence-electron chi connectivity index (χ2n) is 12.5. The van der Waals surface area contributed by atoms with Crippen LogP contribution in [0.15, 0.2) is 48.5 Å². The predicted molar refractivity (Wildman–Crippen MR) is 174 cm³/mol. The molecule has 0 heterocycles. The van der Waals surface area contributed by atoms with Gasteiger partial charge in [0.2, 0.25) is 5.41 Å². The largest absolute Gasteiger partial charge is 0.444 e. The molecule has 4 aromatic rings. The normalized spacial score (nSPS) is 12.6. The van der Waals surface area contributed by atoms with Crippen molar-refractivity contribution >= 4 is 22.7 Å². The zero-order chi connectivity index (χ0) is 45.1. The van der Waals surface area contributed by atoms with Crippen LogP contribution in [-0.2, 0) is 17.8 Å². The first-order valence-corrected chi connectivity index (χ1v) is 15.6. The molecule has 0 aliphatic carbocycles. The lowest BCUT2D eigenvalue weighted by molar-refractivity contribution is -0.396. The van der Waals surface area contributed by atoms with Crippen LogP contribution in [0.1, 0.15) is 44.5 Å². The summed E-state index contributed by atoms with van der Waals surface area (Å²) in [6, 6.07) is 0.336. The molecule has 0 bridgehead atoms. The monoisotopic (exact) mass is 860 g/mol. The lowest BCUT2D eigenvalue weighted by atomic mass is 9.71. The van der Waals surface area contributed by atoms with Crippen molar-refractivity contribution in [3.8, 4) is 23.0 Å². The smallest absolute Gasteiger partial charge is 0.416 e. The van der Waals surface area contributed by atoms with E-state index in [0.29, 0.717) is 0 Å². The van der Waals surface area contributed by atoms with Crippen molar-refractivity contribution in [2.24, 2.45) is 0 Å².